The van der Waals surface area contributed by atoms with Gasteiger partial charge in [0.25, 0.3) is 0 Å². The molecule has 0 saturated carbocycles. The van der Waals surface area contributed by atoms with E-state index in [2.05, 4.69) is 5.32 Å². The molecule has 0 amide bonds. The molecule has 0 saturated heterocycles. The summed E-state index contributed by atoms with van der Waals surface area (Å²) in [6.45, 7) is 2.22. The third-order valence-corrected chi connectivity index (χ3v) is 2.86. The summed E-state index contributed by atoms with van der Waals surface area (Å²) in [5.41, 5.74) is 7.44. The van der Waals surface area contributed by atoms with Gasteiger partial charge in [0.2, 0.25) is 0 Å². The van der Waals surface area contributed by atoms with Crippen molar-refractivity contribution in [2.45, 2.75) is 6.92 Å². The van der Waals surface area contributed by atoms with E-state index < -0.39 is 5.82 Å². The highest BCUT2D eigenvalue weighted by Gasteiger charge is 2.08. The van der Waals surface area contributed by atoms with Gasteiger partial charge in [0, 0.05) is 11.8 Å². The number of nitrogens with one attached hydrogen (secondary N) is 1. The lowest BCUT2D eigenvalue weighted by Gasteiger charge is -2.12. The Bertz CT molecular complexity index is 569. The number of anilines is 3. The number of para-hydroxylation sites is 1. The molecule has 0 radical (unpaired) electrons. The van der Waals surface area contributed by atoms with Gasteiger partial charge < -0.3 is 15.8 Å². The second-order valence-electron chi connectivity index (χ2n) is 3.91. The zero-order chi connectivity index (χ0) is 13.8. The van der Waals surface area contributed by atoms with Crippen LogP contribution in [-0.4, -0.2) is 6.61 Å². The Morgan fingerprint density at radius 1 is 1.32 bits per heavy atom. The van der Waals surface area contributed by atoms with Crippen molar-refractivity contribution >= 4 is 28.7 Å². The Morgan fingerprint density at radius 2 is 2.11 bits per heavy atom. The summed E-state index contributed by atoms with van der Waals surface area (Å²) in [6.07, 6.45) is 0. The van der Waals surface area contributed by atoms with Crippen molar-refractivity contribution in [3.05, 3.63) is 47.2 Å². The van der Waals surface area contributed by atoms with E-state index in [1.165, 1.54) is 6.07 Å². The first-order valence-corrected chi connectivity index (χ1v) is 6.23. The van der Waals surface area contributed by atoms with Crippen molar-refractivity contribution in [2.75, 3.05) is 17.7 Å². The minimum absolute atomic E-state index is 0.222. The molecule has 100 valence electrons. The van der Waals surface area contributed by atoms with Crippen LogP contribution >= 0.6 is 11.6 Å². The molecule has 0 heterocycles. The van der Waals surface area contributed by atoms with Crippen LogP contribution in [0.3, 0.4) is 0 Å². The standard InChI is InChI=1S/C14H14ClFN2O/c1-2-19-13-7-6-9(8-11(13)16)18-14-10(15)4-3-5-12(14)17/h3-8,18H,2,17H2,1H3. The average Bonchev–Trinajstić information content (AvgIpc) is 2.37. The van der Waals surface area contributed by atoms with Crippen molar-refractivity contribution in [1.82, 2.24) is 0 Å². The number of halogens is 2. The smallest absolute Gasteiger partial charge is 0.167 e. The van der Waals surface area contributed by atoms with Crippen molar-refractivity contribution in [2.24, 2.45) is 0 Å². The van der Waals surface area contributed by atoms with E-state index in [1.54, 1.807) is 37.3 Å². The van der Waals surface area contributed by atoms with Crippen molar-refractivity contribution in [3.8, 4) is 5.75 Å². The first-order valence-electron chi connectivity index (χ1n) is 5.85. The molecule has 0 spiro atoms. The van der Waals surface area contributed by atoms with Crippen LogP contribution < -0.4 is 15.8 Å². The zero-order valence-corrected chi connectivity index (χ0v) is 11.2. The fourth-order valence-electron chi connectivity index (χ4n) is 1.67. The maximum absolute atomic E-state index is 13.7. The number of ether oxygens (including phenoxy) is 1. The Labute approximate surface area is 116 Å². The van der Waals surface area contributed by atoms with E-state index in [0.29, 0.717) is 28.7 Å². The largest absolute Gasteiger partial charge is 0.491 e. The molecule has 0 aliphatic carbocycles. The van der Waals surface area contributed by atoms with Crippen LogP contribution in [0.15, 0.2) is 36.4 Å². The summed E-state index contributed by atoms with van der Waals surface area (Å²) < 4.78 is 18.8. The summed E-state index contributed by atoms with van der Waals surface area (Å²) in [6, 6.07) is 9.80. The van der Waals surface area contributed by atoms with Crippen LogP contribution in [-0.2, 0) is 0 Å². The van der Waals surface area contributed by atoms with Crippen molar-refractivity contribution < 1.29 is 9.13 Å². The molecule has 19 heavy (non-hydrogen) atoms. The first kappa shape index (κ1) is 13.5. The molecule has 2 aromatic carbocycles. The lowest BCUT2D eigenvalue weighted by atomic mass is 10.2. The van der Waals surface area contributed by atoms with E-state index in [1.807, 2.05) is 0 Å². The van der Waals surface area contributed by atoms with Crippen LogP contribution in [0.5, 0.6) is 5.75 Å². The topological polar surface area (TPSA) is 47.3 Å². The first-order chi connectivity index (χ1) is 9.11. The molecule has 0 bridgehead atoms. The van der Waals surface area contributed by atoms with Gasteiger partial charge in [0.05, 0.1) is 23.0 Å². The molecule has 2 rings (SSSR count). The van der Waals surface area contributed by atoms with Gasteiger partial charge in [-0.1, -0.05) is 17.7 Å². The second-order valence-corrected chi connectivity index (χ2v) is 4.31. The summed E-state index contributed by atoms with van der Waals surface area (Å²) >= 11 is 6.04. The van der Waals surface area contributed by atoms with Gasteiger partial charge in [-0.25, -0.2) is 4.39 Å². The Balaban J connectivity index is 2.27. The predicted octanol–water partition coefficient (Wildman–Crippen LogP) is 4.20. The third kappa shape index (κ3) is 3.09. The van der Waals surface area contributed by atoms with Gasteiger partial charge in [-0.3, -0.25) is 0 Å². The van der Waals surface area contributed by atoms with Crippen molar-refractivity contribution in [3.63, 3.8) is 0 Å². The van der Waals surface area contributed by atoms with Crippen molar-refractivity contribution in [1.29, 1.82) is 0 Å². The normalized spacial score (nSPS) is 10.3. The van der Waals surface area contributed by atoms with Crippen LogP contribution in [0.25, 0.3) is 0 Å². The molecule has 0 fully saturated rings. The molecule has 0 aliphatic heterocycles. The average molecular weight is 281 g/mol. The lowest BCUT2D eigenvalue weighted by molar-refractivity contribution is 0.321. The molecular formula is C14H14ClFN2O. The summed E-state index contributed by atoms with van der Waals surface area (Å²) in [5, 5.41) is 3.48. The fourth-order valence-corrected chi connectivity index (χ4v) is 1.90. The van der Waals surface area contributed by atoms with Gasteiger partial charge >= 0.3 is 0 Å². The van der Waals surface area contributed by atoms with E-state index in [0.717, 1.165) is 0 Å². The quantitative estimate of drug-likeness (QED) is 0.825. The molecule has 3 N–H and O–H groups in total. The SMILES string of the molecule is CCOc1ccc(Nc2c(N)cccc2Cl)cc1F. The number of nitrogen functional groups attached to an aromatic ring is 1. The summed E-state index contributed by atoms with van der Waals surface area (Å²) in [7, 11) is 0. The number of benzene rings is 2. The van der Waals surface area contributed by atoms with Gasteiger partial charge in [-0.15, -0.1) is 0 Å². The van der Waals surface area contributed by atoms with Crippen LogP contribution in [0.4, 0.5) is 21.5 Å². The highest BCUT2D eigenvalue weighted by Crippen LogP contribution is 2.32. The molecule has 0 aliphatic rings. The summed E-state index contributed by atoms with van der Waals surface area (Å²) in [4.78, 5) is 0. The minimum atomic E-state index is -0.433. The zero-order valence-electron chi connectivity index (χ0n) is 10.4. The number of rotatable bonds is 4. The van der Waals surface area contributed by atoms with E-state index >= 15 is 0 Å². The van der Waals surface area contributed by atoms with Crippen LogP contribution in [0.2, 0.25) is 5.02 Å². The molecule has 5 heteroatoms. The minimum Gasteiger partial charge on any atom is -0.491 e. The maximum Gasteiger partial charge on any atom is 0.167 e. The van der Waals surface area contributed by atoms with Crippen LogP contribution in [0, 0.1) is 5.82 Å². The molecule has 2 aromatic rings. The Kier molecular flexibility index (Phi) is 4.12. The highest BCUT2D eigenvalue weighted by atomic mass is 35.5. The number of nitrogens with two attached hydrogens (primary N) is 1. The van der Waals surface area contributed by atoms with Crippen LogP contribution in [0.1, 0.15) is 6.92 Å². The number of hydrogen-bond acceptors (Lipinski definition) is 3. The summed E-state index contributed by atoms with van der Waals surface area (Å²) in [5.74, 6) is -0.211. The molecule has 0 atom stereocenters. The maximum atomic E-state index is 13.7. The molecule has 0 aromatic heterocycles. The predicted molar refractivity (Wildman–Crippen MR) is 76.7 cm³/mol. The van der Waals surface area contributed by atoms with E-state index in [4.69, 9.17) is 22.1 Å². The Hall–Kier alpha value is -1.94. The lowest BCUT2D eigenvalue weighted by Crippen LogP contribution is -1.99. The van der Waals surface area contributed by atoms with Gasteiger partial charge in [-0.05, 0) is 31.2 Å². The highest BCUT2D eigenvalue weighted by molar-refractivity contribution is 6.34. The second kappa shape index (κ2) is 5.80. The monoisotopic (exact) mass is 280 g/mol. The van der Waals surface area contributed by atoms with E-state index in [-0.39, 0.29) is 5.75 Å². The fraction of sp³-hybridized carbons (Fsp3) is 0.143. The van der Waals surface area contributed by atoms with Gasteiger partial charge in [-0.2, -0.15) is 0 Å². The molecule has 0 unspecified atom stereocenters. The molecule has 3 nitrogen and oxygen atoms in total. The van der Waals surface area contributed by atoms with E-state index in [9.17, 15) is 4.39 Å². The Morgan fingerprint density at radius 3 is 2.74 bits per heavy atom. The third-order valence-electron chi connectivity index (χ3n) is 2.55. The molecular weight excluding hydrogens is 267 g/mol. The number of hydrogen-bond donors (Lipinski definition) is 2. The van der Waals surface area contributed by atoms with Gasteiger partial charge in [0.15, 0.2) is 11.6 Å². The van der Waals surface area contributed by atoms with Gasteiger partial charge in [0.1, 0.15) is 0 Å².